The molecule has 0 bridgehead atoms. The van der Waals surface area contributed by atoms with Crippen molar-refractivity contribution in [3.8, 4) is 11.1 Å². The molecule has 4 rings (SSSR count). The van der Waals surface area contributed by atoms with Crippen LogP contribution >= 0.6 is 0 Å². The Balaban J connectivity index is 1.52. The lowest BCUT2D eigenvalue weighted by atomic mass is 9.96. The summed E-state index contributed by atoms with van der Waals surface area (Å²) in [7, 11) is 0. The second-order valence-electron chi connectivity index (χ2n) is 8.54. The predicted molar refractivity (Wildman–Crippen MR) is 129 cm³/mol. The van der Waals surface area contributed by atoms with Crippen molar-refractivity contribution in [2.24, 2.45) is 0 Å². The number of hydrogen-bond donors (Lipinski definition) is 2. The number of carboxylic acids is 1. The van der Waals surface area contributed by atoms with E-state index in [4.69, 9.17) is 0 Å². The minimum absolute atomic E-state index is 0.285. The average molecular weight is 446 g/mol. The Morgan fingerprint density at radius 3 is 2.55 bits per heavy atom. The fourth-order valence-electron chi connectivity index (χ4n) is 4.52. The minimum Gasteiger partial charge on any atom is -0.480 e. The topological polar surface area (TPSA) is 60.8 Å². The number of rotatable bonds is 6. The lowest BCUT2D eigenvalue weighted by Crippen LogP contribution is -2.52. The fraction of sp³-hybridized carbons (Fsp3) is 0.250. The first kappa shape index (κ1) is 22.9. The highest BCUT2D eigenvalue weighted by Gasteiger charge is 2.35. The number of piperidine rings is 1. The summed E-state index contributed by atoms with van der Waals surface area (Å²) < 4.78 is 14.8. The predicted octanol–water partition coefficient (Wildman–Crippen LogP) is 5.38. The van der Waals surface area contributed by atoms with Crippen LogP contribution in [0, 0.1) is 12.7 Å². The van der Waals surface area contributed by atoms with Crippen LogP contribution in [0.25, 0.3) is 23.3 Å². The molecule has 33 heavy (non-hydrogen) atoms. The van der Waals surface area contributed by atoms with Crippen molar-refractivity contribution in [2.45, 2.75) is 38.5 Å². The van der Waals surface area contributed by atoms with Gasteiger partial charge in [-0.1, -0.05) is 72.8 Å². The van der Waals surface area contributed by atoms with Gasteiger partial charge in [0.2, 0.25) is 0 Å². The zero-order chi connectivity index (χ0) is 23.4. The number of carboxylic acid groups (broad SMARTS) is 1. The van der Waals surface area contributed by atoms with E-state index < -0.39 is 18.1 Å². The summed E-state index contributed by atoms with van der Waals surface area (Å²) in [6.45, 7) is 2.91. The van der Waals surface area contributed by atoms with E-state index in [1.807, 2.05) is 42.5 Å². The SMILES string of the molecule is Cc1c(C=Cc2ccc(CN3CCCC(O)C3C(=O)O)cc2F)cccc1-c1ccccc1. The largest absolute Gasteiger partial charge is 0.480 e. The van der Waals surface area contributed by atoms with E-state index in [9.17, 15) is 19.4 Å². The Labute approximate surface area is 193 Å². The number of benzene rings is 3. The first-order valence-electron chi connectivity index (χ1n) is 11.2. The molecule has 0 radical (unpaired) electrons. The van der Waals surface area contributed by atoms with Gasteiger partial charge in [0.25, 0.3) is 0 Å². The lowest BCUT2D eigenvalue weighted by molar-refractivity contribution is -0.150. The number of likely N-dealkylation sites (tertiary alicyclic amines) is 1. The maximum absolute atomic E-state index is 14.8. The highest BCUT2D eigenvalue weighted by atomic mass is 19.1. The van der Waals surface area contributed by atoms with Crippen molar-refractivity contribution in [3.05, 3.63) is 94.8 Å². The van der Waals surface area contributed by atoms with E-state index in [0.29, 0.717) is 24.1 Å². The van der Waals surface area contributed by atoms with Gasteiger partial charge in [0.15, 0.2) is 0 Å². The van der Waals surface area contributed by atoms with Gasteiger partial charge in [-0.25, -0.2) is 4.39 Å². The molecular weight excluding hydrogens is 417 g/mol. The van der Waals surface area contributed by atoms with Gasteiger partial charge < -0.3 is 10.2 Å². The van der Waals surface area contributed by atoms with Crippen LogP contribution < -0.4 is 0 Å². The monoisotopic (exact) mass is 445 g/mol. The molecule has 1 aliphatic rings. The van der Waals surface area contributed by atoms with E-state index in [-0.39, 0.29) is 12.4 Å². The Hall–Kier alpha value is -3.28. The molecule has 0 amide bonds. The molecular formula is C28H28FNO3. The van der Waals surface area contributed by atoms with Crippen LogP contribution in [-0.2, 0) is 11.3 Å². The number of carbonyl (C=O) groups is 1. The summed E-state index contributed by atoms with van der Waals surface area (Å²) >= 11 is 0. The van der Waals surface area contributed by atoms with Crippen molar-refractivity contribution >= 4 is 18.1 Å². The molecule has 0 aromatic heterocycles. The van der Waals surface area contributed by atoms with Crippen molar-refractivity contribution < 1.29 is 19.4 Å². The zero-order valence-electron chi connectivity index (χ0n) is 18.6. The second kappa shape index (κ2) is 10.1. The van der Waals surface area contributed by atoms with Crippen LogP contribution in [0.5, 0.6) is 0 Å². The summed E-state index contributed by atoms with van der Waals surface area (Å²) in [5.41, 5.74) is 5.59. The molecule has 0 spiro atoms. The third-order valence-corrected chi connectivity index (χ3v) is 6.31. The van der Waals surface area contributed by atoms with Crippen LogP contribution in [0.4, 0.5) is 4.39 Å². The Kier molecular flexibility index (Phi) is 7.02. The smallest absolute Gasteiger partial charge is 0.323 e. The van der Waals surface area contributed by atoms with Crippen molar-refractivity contribution in [1.82, 2.24) is 4.90 Å². The van der Waals surface area contributed by atoms with Crippen LogP contribution in [-0.4, -0.2) is 39.8 Å². The summed E-state index contributed by atoms with van der Waals surface area (Å²) in [6.07, 6.45) is 3.96. The molecule has 2 N–H and O–H groups in total. The van der Waals surface area contributed by atoms with Gasteiger partial charge in [-0.15, -0.1) is 0 Å². The van der Waals surface area contributed by atoms with Gasteiger partial charge in [0.05, 0.1) is 6.10 Å². The summed E-state index contributed by atoms with van der Waals surface area (Å²) in [5, 5.41) is 19.5. The normalized spacial score (nSPS) is 19.1. The Bertz CT molecular complexity index is 1160. The molecule has 3 aromatic rings. The number of hydrogen-bond acceptors (Lipinski definition) is 3. The molecule has 5 heteroatoms. The third kappa shape index (κ3) is 5.21. The van der Waals surface area contributed by atoms with Gasteiger partial charge in [-0.05, 0) is 60.2 Å². The van der Waals surface area contributed by atoms with Crippen LogP contribution in [0.15, 0.2) is 66.7 Å². The molecule has 1 saturated heterocycles. The maximum atomic E-state index is 14.8. The van der Waals surface area contributed by atoms with Crippen LogP contribution in [0.2, 0.25) is 0 Å². The zero-order valence-corrected chi connectivity index (χ0v) is 18.6. The second-order valence-corrected chi connectivity index (χ2v) is 8.54. The first-order valence-corrected chi connectivity index (χ1v) is 11.2. The van der Waals surface area contributed by atoms with Crippen molar-refractivity contribution in [2.75, 3.05) is 6.54 Å². The highest BCUT2D eigenvalue weighted by Crippen LogP contribution is 2.27. The molecule has 1 aliphatic heterocycles. The van der Waals surface area contributed by atoms with Crippen LogP contribution in [0.3, 0.4) is 0 Å². The van der Waals surface area contributed by atoms with Crippen molar-refractivity contribution in [1.29, 1.82) is 0 Å². The van der Waals surface area contributed by atoms with Crippen LogP contribution in [0.1, 0.15) is 35.1 Å². The van der Waals surface area contributed by atoms with E-state index in [0.717, 1.165) is 28.7 Å². The number of aliphatic hydroxyl groups is 1. The van der Waals surface area contributed by atoms with Gasteiger partial charge in [0, 0.05) is 12.1 Å². The quantitative estimate of drug-likeness (QED) is 0.500. The molecule has 2 unspecified atom stereocenters. The van der Waals surface area contributed by atoms with E-state index in [1.54, 1.807) is 17.0 Å². The van der Waals surface area contributed by atoms with Gasteiger partial charge >= 0.3 is 5.97 Å². The summed E-state index contributed by atoms with van der Waals surface area (Å²) in [5.74, 6) is -1.40. The summed E-state index contributed by atoms with van der Waals surface area (Å²) in [4.78, 5) is 13.3. The van der Waals surface area contributed by atoms with Gasteiger partial charge in [-0.3, -0.25) is 9.69 Å². The molecule has 4 nitrogen and oxygen atoms in total. The average Bonchev–Trinajstić information content (AvgIpc) is 2.80. The maximum Gasteiger partial charge on any atom is 0.323 e. The van der Waals surface area contributed by atoms with E-state index >= 15 is 0 Å². The van der Waals surface area contributed by atoms with E-state index in [1.165, 1.54) is 6.07 Å². The molecule has 0 aliphatic carbocycles. The summed E-state index contributed by atoms with van der Waals surface area (Å²) in [6, 6.07) is 20.3. The molecule has 170 valence electrons. The number of halogens is 1. The minimum atomic E-state index is -1.05. The molecule has 1 fully saturated rings. The standard InChI is InChI=1S/C28H28FNO3/c1-19-21(9-5-10-24(19)22-7-3-2-4-8-22)14-15-23-13-12-20(17-25(23)29)18-30-16-6-11-26(31)27(30)28(32)33/h2-5,7-10,12-15,17,26-27,31H,6,11,16,18H2,1H3,(H,32,33). The number of aliphatic hydroxyl groups excluding tert-OH is 1. The fourth-order valence-corrected chi connectivity index (χ4v) is 4.52. The molecule has 1 heterocycles. The lowest BCUT2D eigenvalue weighted by Gasteiger charge is -2.36. The number of nitrogens with zero attached hydrogens (tertiary/aromatic N) is 1. The molecule has 3 aromatic carbocycles. The van der Waals surface area contributed by atoms with Gasteiger partial charge in [0.1, 0.15) is 11.9 Å². The third-order valence-electron chi connectivity index (χ3n) is 6.31. The van der Waals surface area contributed by atoms with Crippen molar-refractivity contribution in [3.63, 3.8) is 0 Å². The Morgan fingerprint density at radius 1 is 1.06 bits per heavy atom. The molecule has 2 atom stereocenters. The van der Waals surface area contributed by atoms with Gasteiger partial charge in [-0.2, -0.15) is 0 Å². The van der Waals surface area contributed by atoms with E-state index in [2.05, 4.69) is 25.1 Å². The highest BCUT2D eigenvalue weighted by molar-refractivity contribution is 5.77. The first-order chi connectivity index (χ1) is 15.9. The molecule has 0 saturated carbocycles. The Morgan fingerprint density at radius 2 is 1.82 bits per heavy atom. The number of aliphatic carboxylic acids is 1.